The Labute approximate surface area is 74.5 Å². The van der Waals surface area contributed by atoms with E-state index in [2.05, 4.69) is 30.8 Å². The summed E-state index contributed by atoms with van der Waals surface area (Å²) in [7, 11) is 1.41. The van der Waals surface area contributed by atoms with Crippen LogP contribution in [-0.2, 0) is 9.53 Å². The summed E-state index contributed by atoms with van der Waals surface area (Å²) in [5.41, 5.74) is 0.119. The first-order valence-electron chi connectivity index (χ1n) is 4.33. The van der Waals surface area contributed by atoms with Gasteiger partial charge < -0.3 is 10.1 Å². The topological polar surface area (TPSA) is 38.3 Å². The molecule has 0 saturated carbocycles. The fourth-order valence-corrected chi connectivity index (χ4v) is 0.730. The fraction of sp³-hybridized carbons (Fsp3) is 0.889. The summed E-state index contributed by atoms with van der Waals surface area (Å²) in [5.74, 6) is -0.158. The number of esters is 1. The Morgan fingerprint density at radius 2 is 2.08 bits per heavy atom. The van der Waals surface area contributed by atoms with Gasteiger partial charge in [-0.2, -0.15) is 0 Å². The van der Waals surface area contributed by atoms with Gasteiger partial charge in [0.15, 0.2) is 0 Å². The van der Waals surface area contributed by atoms with Gasteiger partial charge in [0.1, 0.15) is 0 Å². The standard InChI is InChI=1S/C9H19NO2/c1-5-9(2,3)10-7-6-8(11)12-4/h10H,5-7H2,1-4H3. The number of nitrogens with one attached hydrogen (secondary N) is 1. The Morgan fingerprint density at radius 3 is 2.50 bits per heavy atom. The summed E-state index contributed by atoms with van der Waals surface area (Å²) in [5, 5.41) is 3.27. The summed E-state index contributed by atoms with van der Waals surface area (Å²) in [4.78, 5) is 10.7. The molecule has 0 heterocycles. The molecule has 3 nitrogen and oxygen atoms in total. The van der Waals surface area contributed by atoms with E-state index in [0.29, 0.717) is 13.0 Å². The summed E-state index contributed by atoms with van der Waals surface area (Å²) < 4.78 is 4.52. The Bertz CT molecular complexity index is 143. The zero-order valence-corrected chi connectivity index (χ0v) is 8.44. The molecular weight excluding hydrogens is 154 g/mol. The van der Waals surface area contributed by atoms with Crippen LogP contribution in [0.3, 0.4) is 0 Å². The van der Waals surface area contributed by atoms with Crippen LogP contribution in [0.15, 0.2) is 0 Å². The van der Waals surface area contributed by atoms with Crippen LogP contribution < -0.4 is 5.32 Å². The Hall–Kier alpha value is -0.570. The smallest absolute Gasteiger partial charge is 0.306 e. The largest absolute Gasteiger partial charge is 0.469 e. The summed E-state index contributed by atoms with van der Waals surface area (Å²) >= 11 is 0. The molecule has 0 atom stereocenters. The number of rotatable bonds is 5. The summed E-state index contributed by atoms with van der Waals surface area (Å²) in [6, 6.07) is 0. The first-order chi connectivity index (χ1) is 5.52. The lowest BCUT2D eigenvalue weighted by molar-refractivity contribution is -0.140. The molecule has 0 saturated heterocycles. The first-order valence-corrected chi connectivity index (χ1v) is 4.33. The number of ether oxygens (including phenoxy) is 1. The molecule has 1 N–H and O–H groups in total. The van der Waals surface area contributed by atoms with Crippen molar-refractivity contribution in [3.8, 4) is 0 Å². The molecule has 0 spiro atoms. The summed E-state index contributed by atoms with van der Waals surface area (Å²) in [6.07, 6.45) is 1.49. The van der Waals surface area contributed by atoms with Crippen molar-refractivity contribution in [3.05, 3.63) is 0 Å². The Morgan fingerprint density at radius 1 is 1.50 bits per heavy atom. The van der Waals surface area contributed by atoms with Gasteiger partial charge in [0, 0.05) is 12.1 Å². The molecule has 0 aromatic rings. The van der Waals surface area contributed by atoms with E-state index in [1.54, 1.807) is 0 Å². The molecule has 3 heteroatoms. The molecule has 0 aliphatic rings. The second-order valence-electron chi connectivity index (χ2n) is 3.49. The normalized spacial score (nSPS) is 11.3. The molecule has 0 aliphatic carbocycles. The van der Waals surface area contributed by atoms with Crippen LogP contribution in [0.5, 0.6) is 0 Å². The average molecular weight is 173 g/mol. The van der Waals surface area contributed by atoms with Gasteiger partial charge in [0.05, 0.1) is 13.5 Å². The lowest BCUT2D eigenvalue weighted by Gasteiger charge is -2.24. The van der Waals surface area contributed by atoms with Gasteiger partial charge in [-0.25, -0.2) is 0 Å². The van der Waals surface area contributed by atoms with E-state index in [1.807, 2.05) is 0 Å². The minimum Gasteiger partial charge on any atom is -0.469 e. The van der Waals surface area contributed by atoms with Gasteiger partial charge in [0.2, 0.25) is 0 Å². The molecule has 0 fully saturated rings. The van der Waals surface area contributed by atoms with Crippen LogP contribution in [-0.4, -0.2) is 25.2 Å². The van der Waals surface area contributed by atoms with Crippen LogP contribution in [0.2, 0.25) is 0 Å². The first kappa shape index (κ1) is 11.4. The van der Waals surface area contributed by atoms with Crippen LogP contribution in [0.1, 0.15) is 33.6 Å². The third-order valence-corrected chi connectivity index (χ3v) is 2.04. The highest BCUT2D eigenvalue weighted by atomic mass is 16.5. The maximum Gasteiger partial charge on any atom is 0.306 e. The van der Waals surface area contributed by atoms with Crippen molar-refractivity contribution in [2.45, 2.75) is 39.2 Å². The van der Waals surface area contributed by atoms with E-state index in [9.17, 15) is 4.79 Å². The fourth-order valence-electron chi connectivity index (χ4n) is 0.730. The van der Waals surface area contributed by atoms with Gasteiger partial charge in [-0.3, -0.25) is 4.79 Å². The van der Waals surface area contributed by atoms with E-state index in [0.717, 1.165) is 6.42 Å². The van der Waals surface area contributed by atoms with Crippen molar-refractivity contribution < 1.29 is 9.53 Å². The Balaban J connectivity index is 3.49. The molecule has 0 unspecified atom stereocenters. The van der Waals surface area contributed by atoms with Crippen molar-refractivity contribution >= 4 is 5.97 Å². The molecule has 0 bridgehead atoms. The van der Waals surface area contributed by atoms with E-state index in [-0.39, 0.29) is 11.5 Å². The van der Waals surface area contributed by atoms with E-state index in [1.165, 1.54) is 7.11 Å². The van der Waals surface area contributed by atoms with Crippen LogP contribution in [0.25, 0.3) is 0 Å². The maximum atomic E-state index is 10.7. The Kier molecular flexibility index (Phi) is 4.90. The van der Waals surface area contributed by atoms with Crippen LogP contribution in [0.4, 0.5) is 0 Å². The third-order valence-electron chi connectivity index (χ3n) is 2.04. The predicted octanol–water partition coefficient (Wildman–Crippen LogP) is 1.33. The highest BCUT2D eigenvalue weighted by Crippen LogP contribution is 2.06. The molecule has 0 aliphatic heterocycles. The molecule has 0 amide bonds. The average Bonchev–Trinajstić information content (AvgIpc) is 2.04. The van der Waals surface area contributed by atoms with Crippen molar-refractivity contribution in [3.63, 3.8) is 0 Å². The molecule has 12 heavy (non-hydrogen) atoms. The van der Waals surface area contributed by atoms with Crippen molar-refractivity contribution in [1.82, 2.24) is 5.32 Å². The second kappa shape index (κ2) is 5.14. The zero-order chi connectivity index (χ0) is 9.61. The van der Waals surface area contributed by atoms with Gasteiger partial charge in [-0.15, -0.1) is 0 Å². The van der Waals surface area contributed by atoms with Crippen LogP contribution in [0, 0.1) is 0 Å². The van der Waals surface area contributed by atoms with Gasteiger partial charge >= 0.3 is 5.97 Å². The zero-order valence-electron chi connectivity index (χ0n) is 8.44. The number of carbonyl (C=O) groups excluding carboxylic acids is 1. The summed E-state index contributed by atoms with van der Waals surface area (Å²) in [6.45, 7) is 7.03. The number of methoxy groups -OCH3 is 1. The van der Waals surface area contributed by atoms with Crippen molar-refractivity contribution in [2.75, 3.05) is 13.7 Å². The molecule has 0 radical (unpaired) electrons. The van der Waals surface area contributed by atoms with Crippen molar-refractivity contribution in [1.29, 1.82) is 0 Å². The maximum absolute atomic E-state index is 10.7. The highest BCUT2D eigenvalue weighted by molar-refractivity contribution is 5.69. The van der Waals surface area contributed by atoms with Gasteiger partial charge in [-0.05, 0) is 20.3 Å². The monoisotopic (exact) mass is 173 g/mol. The SMILES string of the molecule is CCC(C)(C)NCCC(=O)OC. The third kappa shape index (κ3) is 5.13. The van der Waals surface area contributed by atoms with E-state index < -0.39 is 0 Å². The lowest BCUT2D eigenvalue weighted by atomic mass is 10.0. The quantitative estimate of drug-likeness (QED) is 0.637. The van der Waals surface area contributed by atoms with Crippen LogP contribution >= 0.6 is 0 Å². The predicted molar refractivity (Wildman–Crippen MR) is 49.0 cm³/mol. The second-order valence-corrected chi connectivity index (χ2v) is 3.49. The van der Waals surface area contributed by atoms with Crippen molar-refractivity contribution in [2.24, 2.45) is 0 Å². The number of hydrogen-bond acceptors (Lipinski definition) is 3. The highest BCUT2D eigenvalue weighted by Gasteiger charge is 2.13. The van der Waals surface area contributed by atoms with Gasteiger partial charge in [-0.1, -0.05) is 6.92 Å². The van der Waals surface area contributed by atoms with E-state index in [4.69, 9.17) is 0 Å². The molecule has 0 aromatic heterocycles. The molecule has 0 rings (SSSR count). The molecule has 0 aromatic carbocycles. The molecular formula is C9H19NO2. The van der Waals surface area contributed by atoms with E-state index >= 15 is 0 Å². The lowest BCUT2D eigenvalue weighted by Crippen LogP contribution is -2.39. The minimum absolute atomic E-state index is 0.119. The minimum atomic E-state index is -0.158. The van der Waals surface area contributed by atoms with Gasteiger partial charge in [0.25, 0.3) is 0 Å². The number of carbonyl (C=O) groups is 1. The number of hydrogen-bond donors (Lipinski definition) is 1. The molecule has 72 valence electrons.